The van der Waals surface area contributed by atoms with Gasteiger partial charge in [0.1, 0.15) is 0 Å². The largest absolute Gasteiger partial charge is 0.305 e. The molecule has 0 amide bonds. The van der Waals surface area contributed by atoms with Gasteiger partial charge < -0.3 is 0 Å². The molecule has 0 unspecified atom stereocenters. The topological polar surface area (TPSA) is 64.8 Å². The second kappa shape index (κ2) is 0.795. The second-order valence-electron chi connectivity index (χ2n) is 1.43. The Morgan fingerprint density at radius 2 is 2.38 bits per heavy atom. The highest BCUT2D eigenvalue weighted by molar-refractivity contribution is 7.90. The van der Waals surface area contributed by atoms with Crippen molar-refractivity contribution in [3.63, 3.8) is 0 Å². The van der Waals surface area contributed by atoms with Crippen molar-refractivity contribution >= 4 is 10.0 Å². The predicted molar refractivity (Wildman–Crippen MR) is 22.6 cm³/mol. The maximum atomic E-state index is 10.5. The summed E-state index contributed by atoms with van der Waals surface area (Å²) in [5.74, 6) is 0. The Morgan fingerprint density at radius 3 is 2.50 bits per heavy atom. The standard InChI is InChI=1S/C2HN3O2S/c6-8(7)2-1-5(8)4-3-2/h1H. The third-order valence-electron chi connectivity index (χ3n) is 0.963. The first-order chi connectivity index (χ1) is 3.71. The minimum Gasteiger partial charge on any atom is -0.197 e. The molecule has 0 aromatic carbocycles. The number of fused-ring (bicyclic) bond motifs is 1. The van der Waals surface area contributed by atoms with E-state index in [4.69, 9.17) is 0 Å². The summed E-state index contributed by atoms with van der Waals surface area (Å²) in [7, 11) is -3.17. The fraction of sp³-hybridized carbons (Fsp3) is 0. The molecule has 0 radical (unpaired) electrons. The van der Waals surface area contributed by atoms with Crippen molar-refractivity contribution in [2.75, 3.05) is 0 Å². The molecule has 3 rings (SSSR count). The average molecular weight is 131 g/mol. The Kier molecular flexibility index (Phi) is 0.399. The molecular weight excluding hydrogens is 130 g/mol. The summed E-state index contributed by atoms with van der Waals surface area (Å²) in [6, 6.07) is 0. The van der Waals surface area contributed by atoms with E-state index in [1.165, 1.54) is 6.20 Å². The van der Waals surface area contributed by atoms with Crippen molar-refractivity contribution in [1.82, 2.24) is 14.4 Å². The lowest BCUT2D eigenvalue weighted by molar-refractivity contribution is 0.575. The third kappa shape index (κ3) is 0.211. The van der Waals surface area contributed by atoms with E-state index < -0.39 is 10.0 Å². The van der Waals surface area contributed by atoms with E-state index in [9.17, 15) is 8.42 Å². The molecule has 1 aromatic heterocycles. The van der Waals surface area contributed by atoms with Crippen LogP contribution in [0.3, 0.4) is 0 Å². The Labute approximate surface area is 45.0 Å². The molecule has 1 aromatic rings. The lowest BCUT2D eigenvalue weighted by Crippen LogP contribution is -2.17. The highest BCUT2D eigenvalue weighted by Crippen LogP contribution is 2.17. The Hall–Kier alpha value is -0.910. The van der Waals surface area contributed by atoms with Gasteiger partial charge in [-0.1, -0.05) is 5.21 Å². The molecule has 5 nitrogen and oxygen atoms in total. The maximum absolute atomic E-state index is 10.5. The summed E-state index contributed by atoms with van der Waals surface area (Å²) in [6.45, 7) is 0. The smallest absolute Gasteiger partial charge is 0.197 e. The number of aromatic nitrogens is 3. The minimum absolute atomic E-state index is 0.0671. The van der Waals surface area contributed by atoms with Gasteiger partial charge in [-0.15, -0.1) is 9.19 Å². The van der Waals surface area contributed by atoms with Gasteiger partial charge in [-0.05, 0) is 0 Å². The molecule has 0 saturated carbocycles. The summed E-state index contributed by atoms with van der Waals surface area (Å²) in [5.41, 5.74) is 0. The van der Waals surface area contributed by atoms with Crippen LogP contribution in [0.4, 0.5) is 0 Å². The van der Waals surface area contributed by atoms with E-state index in [2.05, 4.69) is 10.3 Å². The molecule has 2 aliphatic heterocycles. The average Bonchev–Trinajstić information content (AvgIpc) is 2.18. The zero-order valence-electron chi connectivity index (χ0n) is 3.64. The van der Waals surface area contributed by atoms with E-state index in [1.807, 2.05) is 0 Å². The van der Waals surface area contributed by atoms with Crippen LogP contribution in [-0.4, -0.2) is 22.8 Å². The van der Waals surface area contributed by atoms with Gasteiger partial charge in [0, 0.05) is 0 Å². The molecule has 6 heteroatoms. The van der Waals surface area contributed by atoms with Crippen LogP contribution in [0.25, 0.3) is 0 Å². The first-order valence-corrected chi connectivity index (χ1v) is 3.33. The van der Waals surface area contributed by atoms with Gasteiger partial charge in [0.05, 0.1) is 6.20 Å². The van der Waals surface area contributed by atoms with Crippen LogP contribution in [0.5, 0.6) is 0 Å². The van der Waals surface area contributed by atoms with Crippen molar-refractivity contribution in [2.45, 2.75) is 5.03 Å². The number of hydrogen-bond donors (Lipinski definition) is 0. The van der Waals surface area contributed by atoms with Crippen molar-refractivity contribution in [1.29, 1.82) is 0 Å². The molecular formula is C2HN3O2S. The van der Waals surface area contributed by atoms with Gasteiger partial charge in [-0.3, -0.25) is 0 Å². The molecule has 3 heterocycles. The summed E-state index contributed by atoms with van der Waals surface area (Å²) in [5, 5.41) is 6.59. The van der Waals surface area contributed by atoms with Gasteiger partial charge in [0.25, 0.3) is 0 Å². The Bertz CT molecular complexity index is 291. The van der Waals surface area contributed by atoms with Crippen LogP contribution >= 0.6 is 0 Å². The van der Waals surface area contributed by atoms with Gasteiger partial charge in [-0.25, -0.2) is 0 Å². The fourth-order valence-corrected chi connectivity index (χ4v) is 1.29. The highest BCUT2D eigenvalue weighted by atomic mass is 32.2. The monoisotopic (exact) mass is 131 g/mol. The molecule has 0 spiro atoms. The van der Waals surface area contributed by atoms with Crippen molar-refractivity contribution in [3.05, 3.63) is 6.20 Å². The van der Waals surface area contributed by atoms with E-state index in [1.54, 1.807) is 0 Å². The highest BCUT2D eigenvalue weighted by Gasteiger charge is 2.32. The van der Waals surface area contributed by atoms with Crippen molar-refractivity contribution < 1.29 is 8.42 Å². The van der Waals surface area contributed by atoms with E-state index in [-0.39, 0.29) is 5.03 Å². The Morgan fingerprint density at radius 1 is 1.62 bits per heavy atom. The van der Waals surface area contributed by atoms with Crippen molar-refractivity contribution in [2.24, 2.45) is 0 Å². The first kappa shape index (κ1) is 4.02. The number of rotatable bonds is 0. The van der Waals surface area contributed by atoms with Crippen LogP contribution in [0.2, 0.25) is 0 Å². The molecule has 8 heavy (non-hydrogen) atoms. The molecule has 0 N–H and O–H groups in total. The lowest BCUT2D eigenvalue weighted by atomic mass is 10.9. The van der Waals surface area contributed by atoms with Gasteiger partial charge in [0.15, 0.2) is 0 Å². The summed E-state index contributed by atoms with van der Waals surface area (Å²) in [4.78, 5) is 0. The predicted octanol–water partition coefficient (Wildman–Crippen LogP) is -1.17. The lowest BCUT2D eigenvalue weighted by Gasteiger charge is -2.00. The molecule has 42 valence electrons. The summed E-state index contributed by atoms with van der Waals surface area (Å²) in [6.07, 6.45) is 1.36. The van der Waals surface area contributed by atoms with Crippen LogP contribution in [0.1, 0.15) is 0 Å². The van der Waals surface area contributed by atoms with E-state index in [0.717, 1.165) is 4.09 Å². The van der Waals surface area contributed by atoms with Crippen LogP contribution in [0, 0.1) is 0 Å². The SMILES string of the molecule is O=S1(=O)c2cn1nn2. The number of hydrogen-bond acceptors (Lipinski definition) is 4. The minimum atomic E-state index is -3.17. The zero-order valence-corrected chi connectivity index (χ0v) is 4.46. The molecule has 0 aliphatic carbocycles. The van der Waals surface area contributed by atoms with Crippen LogP contribution in [-0.2, 0) is 10.0 Å². The van der Waals surface area contributed by atoms with Crippen LogP contribution < -0.4 is 0 Å². The molecule has 2 bridgehead atoms. The van der Waals surface area contributed by atoms with E-state index in [0.29, 0.717) is 0 Å². The molecule has 0 fully saturated rings. The van der Waals surface area contributed by atoms with Gasteiger partial charge in [-0.2, -0.15) is 8.42 Å². The summed E-state index contributed by atoms with van der Waals surface area (Å²) >= 11 is 0. The van der Waals surface area contributed by atoms with Crippen LogP contribution in [0.15, 0.2) is 11.2 Å². The van der Waals surface area contributed by atoms with Crippen molar-refractivity contribution in [3.8, 4) is 0 Å². The van der Waals surface area contributed by atoms with E-state index >= 15 is 0 Å². The van der Waals surface area contributed by atoms with Gasteiger partial charge >= 0.3 is 10.0 Å². The third-order valence-corrected chi connectivity index (χ3v) is 2.35. The maximum Gasteiger partial charge on any atom is 0.305 e. The molecule has 2 aliphatic rings. The Balaban J connectivity index is 3.03. The zero-order chi connectivity index (χ0) is 5.78. The molecule has 0 saturated heterocycles. The fourth-order valence-electron chi connectivity index (χ4n) is 0.517. The first-order valence-electron chi connectivity index (χ1n) is 1.89. The number of nitrogens with zero attached hydrogens (tertiary/aromatic N) is 3. The molecule has 0 atom stereocenters. The van der Waals surface area contributed by atoms with Gasteiger partial charge in [0.2, 0.25) is 5.03 Å². The summed E-state index contributed by atoms with van der Waals surface area (Å²) < 4.78 is 21.8. The second-order valence-corrected chi connectivity index (χ2v) is 3.18. The quantitative estimate of drug-likeness (QED) is 0.451. The normalized spacial score (nSPS) is 20.0.